The van der Waals surface area contributed by atoms with E-state index in [0.717, 1.165) is 33.4 Å². The molecule has 0 radical (unpaired) electrons. The maximum absolute atomic E-state index is 15.8. The van der Waals surface area contributed by atoms with Gasteiger partial charge in [-0.2, -0.15) is 0 Å². The summed E-state index contributed by atoms with van der Waals surface area (Å²) in [6, 6.07) is 16.1. The van der Waals surface area contributed by atoms with Gasteiger partial charge in [-0.3, -0.25) is 9.78 Å². The van der Waals surface area contributed by atoms with Gasteiger partial charge in [-0.15, -0.1) is 0 Å². The number of ether oxygens (including phenoxy) is 2. The third kappa shape index (κ3) is 8.73. The Morgan fingerprint density at radius 3 is 2.15 bits per heavy atom. The summed E-state index contributed by atoms with van der Waals surface area (Å²) >= 11 is 6.38. The Balaban J connectivity index is 1.60. The first kappa shape index (κ1) is 35.5. The molecular weight excluding hydrogens is 623 g/mol. The molecule has 0 aliphatic heterocycles. The predicted molar refractivity (Wildman–Crippen MR) is 185 cm³/mol. The summed E-state index contributed by atoms with van der Waals surface area (Å²) in [5.74, 6) is 0.0721. The molecule has 1 heterocycles. The van der Waals surface area contributed by atoms with E-state index in [1.807, 2.05) is 50.2 Å². The van der Waals surface area contributed by atoms with Gasteiger partial charge in [0, 0.05) is 59.8 Å². The molecule has 0 unspecified atom stereocenters. The summed E-state index contributed by atoms with van der Waals surface area (Å²) in [6.07, 6.45) is 3.03. The highest BCUT2D eigenvalue weighted by atomic mass is 35.5. The first-order valence-corrected chi connectivity index (χ1v) is 15.5. The monoisotopic (exact) mass is 662 g/mol. The number of hydrogen-bond donors (Lipinski definition) is 5. The van der Waals surface area contributed by atoms with Crippen molar-refractivity contribution in [2.24, 2.45) is 0 Å². The van der Waals surface area contributed by atoms with Crippen molar-refractivity contribution in [3.8, 4) is 22.6 Å². The second-order valence-corrected chi connectivity index (χ2v) is 11.2. The van der Waals surface area contributed by atoms with E-state index >= 15 is 4.39 Å². The fraction of sp³-hybridized carbons (Fsp3) is 0.278. The zero-order valence-corrected chi connectivity index (χ0v) is 27.7. The van der Waals surface area contributed by atoms with Crippen molar-refractivity contribution in [3.63, 3.8) is 0 Å². The number of amides is 1. The lowest BCUT2D eigenvalue weighted by Crippen LogP contribution is -2.19. The predicted octanol–water partition coefficient (Wildman–Crippen LogP) is 5.92. The average Bonchev–Trinajstić information content (AvgIpc) is 3.07. The summed E-state index contributed by atoms with van der Waals surface area (Å²) in [5.41, 5.74) is 6.69. The molecular formula is C36H40ClFN4O5. The Morgan fingerprint density at radius 1 is 0.915 bits per heavy atom. The molecule has 0 aliphatic rings. The van der Waals surface area contributed by atoms with Crippen LogP contribution in [0.5, 0.6) is 11.5 Å². The summed E-state index contributed by atoms with van der Waals surface area (Å²) in [6.45, 7) is 5.48. The number of aliphatic hydroxyl groups excluding tert-OH is 2. The van der Waals surface area contributed by atoms with Crippen molar-refractivity contribution in [1.82, 2.24) is 15.6 Å². The third-order valence-electron chi connectivity index (χ3n) is 7.77. The Kier molecular flexibility index (Phi) is 12.9. The van der Waals surface area contributed by atoms with E-state index in [0.29, 0.717) is 59.5 Å². The highest BCUT2D eigenvalue weighted by Gasteiger charge is 2.17. The van der Waals surface area contributed by atoms with Gasteiger partial charge in [0.15, 0.2) is 0 Å². The van der Waals surface area contributed by atoms with E-state index in [-0.39, 0.29) is 18.9 Å². The van der Waals surface area contributed by atoms with Gasteiger partial charge in [0.25, 0.3) is 5.91 Å². The van der Waals surface area contributed by atoms with Crippen molar-refractivity contribution in [3.05, 3.63) is 105 Å². The molecule has 4 aromatic rings. The molecule has 0 aliphatic carbocycles. The minimum Gasteiger partial charge on any atom is -0.496 e. The molecule has 1 amide bonds. The molecule has 9 nitrogen and oxygen atoms in total. The van der Waals surface area contributed by atoms with Crippen LogP contribution in [0.25, 0.3) is 23.0 Å². The quantitative estimate of drug-likeness (QED) is 0.0785. The first-order valence-electron chi connectivity index (χ1n) is 15.1. The molecule has 47 heavy (non-hydrogen) atoms. The Labute approximate surface area is 279 Å². The molecule has 3 aromatic carbocycles. The molecule has 248 valence electrons. The Hall–Kier alpha value is -4.32. The van der Waals surface area contributed by atoms with Gasteiger partial charge in [0.2, 0.25) is 0 Å². The number of halogens is 2. The number of hydrogen-bond acceptors (Lipinski definition) is 8. The molecule has 0 spiro atoms. The van der Waals surface area contributed by atoms with Crippen LogP contribution in [0, 0.1) is 13.8 Å². The van der Waals surface area contributed by atoms with Crippen molar-refractivity contribution in [2.75, 3.05) is 45.8 Å². The number of anilines is 1. The van der Waals surface area contributed by atoms with Crippen LogP contribution in [-0.4, -0.2) is 61.6 Å². The number of carbonyl (C=O) groups is 1. The van der Waals surface area contributed by atoms with E-state index < -0.39 is 11.7 Å². The van der Waals surface area contributed by atoms with Gasteiger partial charge >= 0.3 is 0 Å². The van der Waals surface area contributed by atoms with Gasteiger partial charge in [-0.05, 0) is 72.0 Å². The number of nitrogens with zero attached hydrogens (tertiary/aromatic N) is 1. The Morgan fingerprint density at radius 2 is 1.53 bits per heavy atom. The van der Waals surface area contributed by atoms with Crippen LogP contribution >= 0.6 is 11.6 Å². The molecule has 11 heteroatoms. The summed E-state index contributed by atoms with van der Waals surface area (Å²) in [7, 11) is 3.04. The minimum absolute atomic E-state index is 0.00700. The van der Waals surface area contributed by atoms with Gasteiger partial charge in [-0.1, -0.05) is 41.9 Å². The second-order valence-electron chi connectivity index (χ2n) is 10.8. The number of aromatic nitrogens is 1. The minimum atomic E-state index is -0.462. The normalized spacial score (nSPS) is 11.4. The highest BCUT2D eigenvalue weighted by Crippen LogP contribution is 2.36. The topological polar surface area (TPSA) is 125 Å². The maximum Gasteiger partial charge on any atom is 0.274 e. The molecule has 0 atom stereocenters. The van der Waals surface area contributed by atoms with E-state index in [9.17, 15) is 4.79 Å². The van der Waals surface area contributed by atoms with E-state index in [1.54, 1.807) is 18.3 Å². The van der Waals surface area contributed by atoms with Crippen LogP contribution < -0.4 is 25.4 Å². The van der Waals surface area contributed by atoms with Gasteiger partial charge in [-0.25, -0.2) is 4.39 Å². The molecule has 0 saturated carbocycles. The van der Waals surface area contributed by atoms with Crippen LogP contribution in [0.15, 0.2) is 60.8 Å². The van der Waals surface area contributed by atoms with Gasteiger partial charge in [0.05, 0.1) is 27.4 Å². The summed E-state index contributed by atoms with van der Waals surface area (Å²) in [5, 5.41) is 27.5. The SMILES string of the molecule is COc1cc(/C(F)=C/c2cccc(-c3cccc(NC(=O)c4cc(Cl)c(CNCCO)cn4)c3C)c2C)cc(OC)c1CNCCO. The Bertz CT molecular complexity index is 1720. The fourth-order valence-corrected chi connectivity index (χ4v) is 5.39. The zero-order valence-electron chi connectivity index (χ0n) is 26.9. The van der Waals surface area contributed by atoms with E-state index in [4.69, 9.17) is 31.3 Å². The van der Waals surface area contributed by atoms with E-state index in [1.165, 1.54) is 26.4 Å². The first-order chi connectivity index (χ1) is 22.7. The average molecular weight is 663 g/mol. The zero-order chi connectivity index (χ0) is 33.9. The molecule has 0 saturated heterocycles. The number of nitrogens with one attached hydrogen (secondary N) is 3. The lowest BCUT2D eigenvalue weighted by Gasteiger charge is -2.16. The van der Waals surface area contributed by atoms with Crippen LogP contribution in [0.2, 0.25) is 5.02 Å². The van der Waals surface area contributed by atoms with Crippen LogP contribution in [0.4, 0.5) is 10.1 Å². The lowest BCUT2D eigenvalue weighted by molar-refractivity contribution is 0.102. The molecule has 1 aromatic heterocycles. The fourth-order valence-electron chi connectivity index (χ4n) is 5.17. The molecule has 0 fully saturated rings. The van der Waals surface area contributed by atoms with Gasteiger partial charge in [0.1, 0.15) is 23.0 Å². The third-order valence-corrected chi connectivity index (χ3v) is 8.12. The number of rotatable bonds is 15. The number of methoxy groups -OCH3 is 2. The number of pyridine rings is 1. The maximum atomic E-state index is 15.8. The molecule has 4 rings (SSSR count). The second kappa shape index (κ2) is 17.0. The van der Waals surface area contributed by atoms with Crippen LogP contribution in [0.3, 0.4) is 0 Å². The van der Waals surface area contributed by atoms with Crippen LogP contribution in [-0.2, 0) is 13.1 Å². The van der Waals surface area contributed by atoms with Crippen LogP contribution in [0.1, 0.15) is 43.9 Å². The molecule has 0 bridgehead atoms. The van der Waals surface area contributed by atoms with Gasteiger partial charge < -0.3 is 35.6 Å². The number of benzene rings is 3. The summed E-state index contributed by atoms with van der Waals surface area (Å²) < 4.78 is 26.9. The van der Waals surface area contributed by atoms with E-state index in [2.05, 4.69) is 20.9 Å². The largest absolute Gasteiger partial charge is 0.496 e. The highest BCUT2D eigenvalue weighted by molar-refractivity contribution is 6.31. The van der Waals surface area contributed by atoms with Crippen molar-refractivity contribution in [1.29, 1.82) is 0 Å². The van der Waals surface area contributed by atoms with Crippen molar-refractivity contribution < 1.29 is 28.9 Å². The smallest absolute Gasteiger partial charge is 0.274 e. The standard InChI is InChI=1S/C36H40ClFN4O5/c1-22-24(15-31(38)25-16-34(46-3)29(21-40-12-14-44)35(17-25)47-4)7-5-8-27(22)28-9-6-10-32(23(28)2)42-36(45)33-18-30(37)26(20-41-33)19-39-11-13-43/h5-10,15-18,20,39-40,43-44H,11-14,19,21H2,1-4H3,(H,42,45)/b31-15-. The lowest BCUT2D eigenvalue weighted by atomic mass is 9.92. The summed E-state index contributed by atoms with van der Waals surface area (Å²) in [4.78, 5) is 17.4. The van der Waals surface area contributed by atoms with Crippen molar-refractivity contribution in [2.45, 2.75) is 26.9 Å². The van der Waals surface area contributed by atoms with Crippen molar-refractivity contribution >= 4 is 35.1 Å². The number of aliphatic hydroxyl groups is 2. The number of carbonyl (C=O) groups excluding carboxylic acids is 1. The molecule has 5 N–H and O–H groups in total.